The number of aromatic nitrogens is 1. The molecule has 1 amide bonds. The van der Waals surface area contributed by atoms with Crippen LogP contribution in [-0.2, 0) is 20.9 Å². The Morgan fingerprint density at radius 3 is 2.27 bits per heavy atom. The zero-order chi connectivity index (χ0) is 34.6. The summed E-state index contributed by atoms with van der Waals surface area (Å²) < 4.78 is 7.36. The number of amides is 1. The van der Waals surface area contributed by atoms with Crippen LogP contribution in [0, 0.1) is 0 Å². The molecule has 45 heavy (non-hydrogen) atoms. The van der Waals surface area contributed by atoms with Gasteiger partial charge in [-0.2, -0.15) is 0 Å². The van der Waals surface area contributed by atoms with E-state index in [1.54, 1.807) is 20.2 Å². The standard InChI is InChI=1S/C30H45N5O3.C3H6.2C2H6/c1-7-9-12-24(21-34(5)16-15-32-8-2)27(23-36)29(30(37)31-3)26-22-35(18-17-33(4)19-20-38-6)28-14-11-10-13-25(26)28;1-3-2;2*1-2/h9-14,21-23,32H,7-8,15-20H2,1-6H3,(H,31,37);3H,1H2,2H3;2*1-2H3/b12-9+,24-21+,29-27+;;;. The highest BCUT2D eigenvalue weighted by atomic mass is 16.5. The van der Waals surface area contributed by atoms with Gasteiger partial charge in [-0.25, -0.2) is 0 Å². The van der Waals surface area contributed by atoms with Gasteiger partial charge in [0.1, 0.15) is 0 Å². The number of benzene rings is 1. The van der Waals surface area contributed by atoms with Crippen LogP contribution in [0.2, 0.25) is 0 Å². The molecule has 1 heterocycles. The molecule has 2 aromatic rings. The van der Waals surface area contributed by atoms with E-state index in [1.807, 2.05) is 96.2 Å². The van der Waals surface area contributed by atoms with Crippen LogP contribution in [0.4, 0.5) is 0 Å². The van der Waals surface area contributed by atoms with Crippen molar-refractivity contribution in [2.75, 3.05) is 67.6 Å². The number of nitrogens with one attached hydrogen (secondary N) is 2. The lowest BCUT2D eigenvalue weighted by Crippen LogP contribution is -2.26. The molecule has 0 fully saturated rings. The molecule has 8 nitrogen and oxygen atoms in total. The van der Waals surface area contributed by atoms with E-state index < -0.39 is 0 Å². The molecule has 0 atom stereocenters. The van der Waals surface area contributed by atoms with E-state index in [9.17, 15) is 9.59 Å². The number of hydrogen-bond acceptors (Lipinski definition) is 6. The van der Waals surface area contributed by atoms with Crippen LogP contribution in [0.1, 0.15) is 60.5 Å². The lowest BCUT2D eigenvalue weighted by molar-refractivity contribution is -0.115. The highest BCUT2D eigenvalue weighted by Gasteiger charge is 2.23. The highest BCUT2D eigenvalue weighted by Crippen LogP contribution is 2.32. The summed E-state index contributed by atoms with van der Waals surface area (Å²) >= 11 is 0. The van der Waals surface area contributed by atoms with Crippen molar-refractivity contribution in [3.8, 4) is 0 Å². The van der Waals surface area contributed by atoms with Crippen molar-refractivity contribution in [1.82, 2.24) is 25.0 Å². The Bertz CT molecular complexity index is 1180. The number of allylic oxidation sites excluding steroid dienone is 5. The number of methoxy groups -OCH3 is 1. The van der Waals surface area contributed by atoms with Crippen molar-refractivity contribution >= 4 is 28.7 Å². The maximum Gasteiger partial charge on any atom is 0.252 e. The minimum absolute atomic E-state index is 0.293. The van der Waals surface area contributed by atoms with Gasteiger partial charge in [0.25, 0.3) is 5.91 Å². The van der Waals surface area contributed by atoms with Gasteiger partial charge in [-0.05, 0) is 33.0 Å². The molecule has 254 valence electrons. The molecule has 8 heteroatoms. The van der Waals surface area contributed by atoms with Crippen molar-refractivity contribution in [1.29, 1.82) is 0 Å². The number of nitrogens with zero attached hydrogens (tertiary/aromatic N) is 3. The fraction of sp³-hybridized carbons (Fsp3) is 0.514. The molecule has 0 bridgehead atoms. The van der Waals surface area contributed by atoms with E-state index >= 15 is 0 Å². The van der Waals surface area contributed by atoms with Gasteiger partial charge < -0.3 is 29.7 Å². The highest BCUT2D eigenvalue weighted by molar-refractivity contribution is 6.27. The monoisotopic (exact) mass is 625 g/mol. The van der Waals surface area contributed by atoms with Crippen LogP contribution in [0.15, 0.2) is 72.6 Å². The number of para-hydroxylation sites is 1. The molecule has 0 spiro atoms. The summed E-state index contributed by atoms with van der Waals surface area (Å²) in [4.78, 5) is 30.3. The molecule has 0 aliphatic heterocycles. The van der Waals surface area contributed by atoms with E-state index in [-0.39, 0.29) is 5.91 Å². The van der Waals surface area contributed by atoms with Crippen LogP contribution in [-0.4, -0.2) is 94.1 Å². The number of hydrogen-bond donors (Lipinski definition) is 2. The summed E-state index contributed by atoms with van der Waals surface area (Å²) in [5, 5.41) is 7.03. The summed E-state index contributed by atoms with van der Waals surface area (Å²) in [5.41, 5.74) is 3.21. The Labute approximate surface area is 274 Å². The van der Waals surface area contributed by atoms with Gasteiger partial charge in [0.15, 0.2) is 6.29 Å². The fourth-order valence-corrected chi connectivity index (χ4v) is 4.24. The van der Waals surface area contributed by atoms with E-state index in [0.717, 1.165) is 68.4 Å². The molecular weight excluding hydrogens is 562 g/mol. The quantitative estimate of drug-likeness (QED) is 0.0682. The maximum absolute atomic E-state index is 13.4. The molecule has 0 saturated heterocycles. The molecule has 1 aromatic carbocycles. The van der Waals surface area contributed by atoms with Crippen molar-refractivity contribution in [3.63, 3.8) is 0 Å². The van der Waals surface area contributed by atoms with E-state index in [4.69, 9.17) is 4.74 Å². The third-order valence-electron chi connectivity index (χ3n) is 6.39. The topological polar surface area (TPSA) is 78.8 Å². The van der Waals surface area contributed by atoms with Crippen molar-refractivity contribution in [2.24, 2.45) is 0 Å². The number of carbonyl (C=O) groups excluding carboxylic acids is 2. The predicted octanol–water partition coefficient (Wildman–Crippen LogP) is 6.55. The summed E-state index contributed by atoms with van der Waals surface area (Å²) in [7, 11) is 7.35. The summed E-state index contributed by atoms with van der Waals surface area (Å²) in [6.07, 6.45) is 11.3. The smallest absolute Gasteiger partial charge is 0.252 e. The van der Waals surface area contributed by atoms with Gasteiger partial charge in [-0.1, -0.05) is 78.0 Å². The minimum Gasteiger partial charge on any atom is -0.383 e. The number of rotatable bonds is 17. The lowest BCUT2D eigenvalue weighted by Gasteiger charge is -2.18. The van der Waals surface area contributed by atoms with E-state index in [2.05, 4.69) is 46.7 Å². The third kappa shape index (κ3) is 15.9. The molecule has 2 rings (SSSR count). The Kier molecular flexibility index (Phi) is 27.2. The molecule has 0 aliphatic carbocycles. The van der Waals surface area contributed by atoms with Gasteiger partial charge >= 0.3 is 0 Å². The zero-order valence-electron chi connectivity index (χ0n) is 30.2. The largest absolute Gasteiger partial charge is 0.383 e. The van der Waals surface area contributed by atoms with Crippen LogP contribution >= 0.6 is 0 Å². The van der Waals surface area contributed by atoms with E-state index in [1.165, 1.54) is 0 Å². The SMILES string of the molecule is C=CC.CC.CC.CC/C=C/C(=C\N(C)CCNCC)C(/C=O)=C(/C(=O)NC)c1cn(CCN(C)CCOC)c2ccccc12. The Morgan fingerprint density at radius 1 is 1.07 bits per heavy atom. The molecule has 1 aromatic heterocycles. The van der Waals surface area contributed by atoms with Gasteiger partial charge in [0.05, 0.1) is 12.2 Å². The lowest BCUT2D eigenvalue weighted by atomic mass is 9.94. The van der Waals surface area contributed by atoms with Crippen molar-refractivity contribution < 1.29 is 14.3 Å². The predicted molar refractivity (Wildman–Crippen MR) is 196 cm³/mol. The molecule has 0 aliphatic rings. The average Bonchev–Trinajstić information content (AvgIpc) is 3.43. The molecule has 0 unspecified atom stereocenters. The number of likely N-dealkylation sites (N-methyl/N-ethyl adjacent to an activating group) is 4. The first-order chi connectivity index (χ1) is 21.8. The van der Waals surface area contributed by atoms with Gasteiger partial charge in [-0.3, -0.25) is 9.59 Å². The fourth-order valence-electron chi connectivity index (χ4n) is 4.24. The van der Waals surface area contributed by atoms with Gasteiger partial charge in [-0.15, -0.1) is 6.58 Å². The first-order valence-corrected chi connectivity index (χ1v) is 16.4. The Morgan fingerprint density at radius 2 is 1.71 bits per heavy atom. The molecule has 2 N–H and O–H groups in total. The minimum atomic E-state index is -0.293. The van der Waals surface area contributed by atoms with Crippen LogP contribution in [0.25, 0.3) is 16.5 Å². The summed E-state index contributed by atoms with van der Waals surface area (Å²) in [5.74, 6) is -0.293. The second-order valence-corrected chi connectivity index (χ2v) is 9.67. The number of fused-ring (bicyclic) bond motifs is 1. The second kappa shape index (κ2) is 28.0. The zero-order valence-corrected chi connectivity index (χ0v) is 30.2. The van der Waals surface area contributed by atoms with Crippen LogP contribution in [0.5, 0.6) is 0 Å². The average molecular weight is 626 g/mol. The molecule has 0 radical (unpaired) electrons. The first-order valence-electron chi connectivity index (χ1n) is 16.4. The van der Waals surface area contributed by atoms with E-state index in [0.29, 0.717) is 23.3 Å². The van der Waals surface area contributed by atoms with Crippen molar-refractivity contribution in [2.45, 2.75) is 61.4 Å². The van der Waals surface area contributed by atoms with Crippen LogP contribution < -0.4 is 10.6 Å². The second-order valence-electron chi connectivity index (χ2n) is 9.67. The number of carbonyl (C=O) groups is 2. The summed E-state index contributed by atoms with van der Waals surface area (Å²) in [6, 6.07) is 8.02. The number of aldehydes is 1. The van der Waals surface area contributed by atoms with Crippen LogP contribution in [0.3, 0.4) is 0 Å². The Hall–Kier alpha value is -3.46. The normalized spacial score (nSPS) is 11.4. The molecular formula is C37H63N5O3. The number of ether oxygens (including phenoxy) is 1. The first kappa shape index (κ1) is 43.7. The third-order valence-corrected chi connectivity index (χ3v) is 6.39. The summed E-state index contributed by atoms with van der Waals surface area (Å²) in [6.45, 7) is 22.9. The van der Waals surface area contributed by atoms with Gasteiger partial charge in [0, 0.05) is 93.9 Å². The Balaban J connectivity index is 0. The molecule has 0 saturated carbocycles. The van der Waals surface area contributed by atoms with Crippen molar-refractivity contribution in [3.05, 3.63) is 78.2 Å². The maximum atomic E-state index is 13.4. The van der Waals surface area contributed by atoms with Gasteiger partial charge in [0.2, 0.25) is 0 Å².